The first-order chi connectivity index (χ1) is 8.70. The minimum atomic E-state index is -0.954. The van der Waals surface area contributed by atoms with Gasteiger partial charge in [0, 0.05) is 18.9 Å². The van der Waals surface area contributed by atoms with Crippen LogP contribution in [0.1, 0.15) is 33.6 Å². The molecule has 106 valence electrons. The number of piperidine rings is 1. The van der Waals surface area contributed by atoms with Crippen molar-refractivity contribution in [3.05, 3.63) is 0 Å². The molecular formula is C13H19NO5. The van der Waals surface area contributed by atoms with E-state index in [0.717, 1.165) is 0 Å². The summed E-state index contributed by atoms with van der Waals surface area (Å²) < 4.78 is 5.28. The predicted octanol–water partition coefficient (Wildman–Crippen LogP) is 1.29. The van der Waals surface area contributed by atoms with Gasteiger partial charge < -0.3 is 14.7 Å². The summed E-state index contributed by atoms with van der Waals surface area (Å²) in [6, 6.07) is -0.534. The number of ketones is 1. The summed E-state index contributed by atoms with van der Waals surface area (Å²) in [7, 11) is 0. The second-order valence-corrected chi connectivity index (χ2v) is 6.17. The molecule has 2 aliphatic rings. The van der Waals surface area contributed by atoms with E-state index in [-0.39, 0.29) is 24.7 Å². The number of hydrogen-bond acceptors (Lipinski definition) is 4. The van der Waals surface area contributed by atoms with Gasteiger partial charge in [0.05, 0.1) is 12.0 Å². The van der Waals surface area contributed by atoms with E-state index in [4.69, 9.17) is 9.84 Å². The zero-order valence-corrected chi connectivity index (χ0v) is 11.4. The van der Waals surface area contributed by atoms with E-state index in [0.29, 0.717) is 6.42 Å². The van der Waals surface area contributed by atoms with Crippen molar-refractivity contribution in [2.24, 2.45) is 11.8 Å². The molecule has 1 N–H and O–H groups in total. The molecule has 3 atom stereocenters. The van der Waals surface area contributed by atoms with E-state index >= 15 is 0 Å². The fraction of sp³-hybridized carbons (Fsp3) is 0.769. The normalized spacial score (nSPS) is 30.4. The maximum atomic E-state index is 12.1. The minimum absolute atomic E-state index is 0.0577. The van der Waals surface area contributed by atoms with Gasteiger partial charge in [-0.25, -0.2) is 4.79 Å². The van der Waals surface area contributed by atoms with Gasteiger partial charge in [0.25, 0.3) is 0 Å². The molecule has 1 aliphatic carbocycles. The molecule has 6 nitrogen and oxygen atoms in total. The van der Waals surface area contributed by atoms with E-state index in [2.05, 4.69) is 0 Å². The first-order valence-corrected chi connectivity index (χ1v) is 6.46. The van der Waals surface area contributed by atoms with E-state index in [1.54, 1.807) is 20.8 Å². The zero-order chi connectivity index (χ0) is 14.4. The van der Waals surface area contributed by atoms with Crippen molar-refractivity contribution >= 4 is 17.8 Å². The average molecular weight is 269 g/mol. The highest BCUT2D eigenvalue weighted by atomic mass is 16.6. The summed E-state index contributed by atoms with van der Waals surface area (Å²) in [5, 5.41) is 9.10. The van der Waals surface area contributed by atoms with Gasteiger partial charge in [0.1, 0.15) is 11.4 Å². The molecule has 0 radical (unpaired) electrons. The summed E-state index contributed by atoms with van der Waals surface area (Å²) >= 11 is 0. The lowest BCUT2D eigenvalue weighted by Gasteiger charge is -2.50. The highest BCUT2D eigenvalue weighted by Crippen LogP contribution is 2.42. The van der Waals surface area contributed by atoms with Crippen molar-refractivity contribution in [2.75, 3.05) is 6.54 Å². The van der Waals surface area contributed by atoms with Gasteiger partial charge in [-0.3, -0.25) is 9.59 Å². The molecule has 1 saturated carbocycles. The number of nitrogens with zero attached hydrogens (tertiary/aromatic N) is 1. The van der Waals surface area contributed by atoms with Crippen LogP contribution in [0.25, 0.3) is 0 Å². The number of Topliss-reactive ketones (excluding diaryl/α,β-unsaturated/α-hetero) is 1. The van der Waals surface area contributed by atoms with Gasteiger partial charge in [-0.15, -0.1) is 0 Å². The van der Waals surface area contributed by atoms with Crippen molar-refractivity contribution in [3.8, 4) is 0 Å². The highest BCUT2D eigenvalue weighted by Gasteiger charge is 2.55. The summed E-state index contributed by atoms with van der Waals surface area (Å²) in [6.07, 6.45) is 0.0891. The molecule has 0 aromatic carbocycles. The smallest absolute Gasteiger partial charge is 0.410 e. The molecule has 2 fully saturated rings. The number of carbonyl (C=O) groups is 3. The standard InChI is InChI=1S/C13H19NO5/c1-13(2,3)19-12(18)14-5-4-9(15)7-6-8(10(7)14)11(16)17/h7-8,10H,4-6H2,1-3H3,(H,16,17)/t7-,8+,10+/m0/s1. The predicted molar refractivity (Wildman–Crippen MR) is 65.6 cm³/mol. The second-order valence-electron chi connectivity index (χ2n) is 6.17. The molecule has 1 aliphatic heterocycles. The number of carboxylic acids is 1. The third-order valence-corrected chi connectivity index (χ3v) is 3.65. The number of likely N-dealkylation sites (tertiary alicyclic amines) is 1. The van der Waals surface area contributed by atoms with E-state index in [9.17, 15) is 14.4 Å². The lowest BCUT2D eigenvalue weighted by atomic mass is 9.64. The van der Waals surface area contributed by atoms with E-state index < -0.39 is 29.6 Å². The van der Waals surface area contributed by atoms with Crippen LogP contribution in [0.5, 0.6) is 0 Å². The Balaban J connectivity index is 2.13. The quantitative estimate of drug-likeness (QED) is 0.775. The fourth-order valence-corrected chi connectivity index (χ4v) is 2.74. The van der Waals surface area contributed by atoms with Crippen LogP contribution in [0.4, 0.5) is 4.79 Å². The van der Waals surface area contributed by atoms with Gasteiger partial charge in [0.2, 0.25) is 0 Å². The largest absolute Gasteiger partial charge is 0.481 e. The van der Waals surface area contributed by atoms with E-state index in [1.807, 2.05) is 0 Å². The molecule has 2 rings (SSSR count). The van der Waals surface area contributed by atoms with Crippen molar-refractivity contribution < 1.29 is 24.2 Å². The summed E-state index contributed by atoms with van der Waals surface area (Å²) in [4.78, 5) is 36.3. The number of aliphatic carboxylic acids is 1. The first-order valence-electron chi connectivity index (χ1n) is 6.46. The van der Waals surface area contributed by atoms with Crippen LogP contribution in [-0.4, -0.2) is 46.0 Å². The molecule has 6 heteroatoms. The highest BCUT2D eigenvalue weighted by molar-refractivity contribution is 5.89. The number of carbonyl (C=O) groups excluding carboxylic acids is 2. The summed E-state index contributed by atoms with van der Waals surface area (Å²) in [6.45, 7) is 5.52. The second kappa shape index (κ2) is 4.51. The van der Waals surface area contributed by atoms with Gasteiger partial charge >= 0.3 is 12.1 Å². The Morgan fingerprint density at radius 3 is 2.53 bits per heavy atom. The molecule has 0 aromatic heterocycles. The number of amides is 1. The van der Waals surface area contributed by atoms with Crippen LogP contribution in [0, 0.1) is 11.8 Å². The lowest BCUT2D eigenvalue weighted by Crippen LogP contribution is -2.64. The number of rotatable bonds is 1. The molecule has 0 spiro atoms. The molecule has 0 unspecified atom stereocenters. The van der Waals surface area contributed by atoms with Gasteiger partial charge in [-0.05, 0) is 27.2 Å². The topological polar surface area (TPSA) is 83.9 Å². The first kappa shape index (κ1) is 13.8. The number of ether oxygens (including phenoxy) is 1. The van der Waals surface area contributed by atoms with E-state index in [1.165, 1.54) is 4.90 Å². The Labute approximate surface area is 111 Å². The average Bonchev–Trinajstić information content (AvgIpc) is 2.17. The molecule has 19 heavy (non-hydrogen) atoms. The fourth-order valence-electron chi connectivity index (χ4n) is 2.74. The van der Waals surface area contributed by atoms with Crippen LogP contribution in [0.15, 0.2) is 0 Å². The third kappa shape index (κ3) is 2.57. The molecule has 0 bridgehead atoms. The maximum Gasteiger partial charge on any atom is 0.410 e. The Morgan fingerprint density at radius 2 is 2.00 bits per heavy atom. The molecular weight excluding hydrogens is 250 g/mol. The van der Waals surface area contributed by atoms with Crippen molar-refractivity contribution in [1.82, 2.24) is 4.90 Å². The molecule has 1 amide bonds. The molecule has 1 saturated heterocycles. The third-order valence-electron chi connectivity index (χ3n) is 3.65. The Bertz CT molecular complexity index is 421. The van der Waals surface area contributed by atoms with Crippen LogP contribution < -0.4 is 0 Å². The zero-order valence-electron chi connectivity index (χ0n) is 11.4. The van der Waals surface area contributed by atoms with Crippen LogP contribution in [0.3, 0.4) is 0 Å². The van der Waals surface area contributed by atoms with Crippen molar-refractivity contribution in [3.63, 3.8) is 0 Å². The van der Waals surface area contributed by atoms with Crippen molar-refractivity contribution in [2.45, 2.75) is 45.3 Å². The van der Waals surface area contributed by atoms with Gasteiger partial charge in [-0.1, -0.05) is 0 Å². The van der Waals surface area contributed by atoms with Crippen LogP contribution in [-0.2, 0) is 14.3 Å². The lowest BCUT2D eigenvalue weighted by molar-refractivity contribution is -0.159. The monoisotopic (exact) mass is 269 g/mol. The summed E-state index contributed by atoms with van der Waals surface area (Å²) in [5.74, 6) is -1.88. The SMILES string of the molecule is CC(C)(C)OC(=O)N1CCC(=O)[C@@H]2C[C@@H](C(=O)O)[C@@H]21. The number of hydrogen-bond donors (Lipinski definition) is 1. The van der Waals surface area contributed by atoms with Crippen LogP contribution >= 0.6 is 0 Å². The van der Waals surface area contributed by atoms with Crippen molar-refractivity contribution in [1.29, 1.82) is 0 Å². The number of fused-ring (bicyclic) bond motifs is 1. The minimum Gasteiger partial charge on any atom is -0.481 e. The molecule has 1 heterocycles. The maximum absolute atomic E-state index is 12.1. The van der Waals surface area contributed by atoms with Crippen LogP contribution in [0.2, 0.25) is 0 Å². The Kier molecular flexibility index (Phi) is 3.28. The Morgan fingerprint density at radius 1 is 1.37 bits per heavy atom. The Hall–Kier alpha value is -1.59. The molecule has 0 aromatic rings. The summed E-state index contributed by atoms with van der Waals surface area (Å²) in [5.41, 5.74) is -0.628. The van der Waals surface area contributed by atoms with Gasteiger partial charge in [0.15, 0.2) is 0 Å². The van der Waals surface area contributed by atoms with Gasteiger partial charge in [-0.2, -0.15) is 0 Å². The number of carboxylic acid groups (broad SMARTS) is 1.